The van der Waals surface area contributed by atoms with Gasteiger partial charge in [0, 0.05) is 24.7 Å². The molecule has 31 heavy (non-hydrogen) atoms. The number of fused-ring (bicyclic) bond motifs is 1. The molecule has 0 saturated heterocycles. The Morgan fingerprint density at radius 1 is 1.23 bits per heavy atom. The number of amides is 1. The lowest BCUT2D eigenvalue weighted by Gasteiger charge is -2.26. The van der Waals surface area contributed by atoms with Crippen molar-refractivity contribution in [2.45, 2.75) is 39.2 Å². The van der Waals surface area contributed by atoms with Gasteiger partial charge in [0.15, 0.2) is 5.65 Å². The monoisotopic (exact) mass is 424 g/mol. The van der Waals surface area contributed by atoms with Crippen molar-refractivity contribution in [3.05, 3.63) is 47.9 Å². The zero-order valence-corrected chi connectivity index (χ0v) is 18.1. The summed E-state index contributed by atoms with van der Waals surface area (Å²) in [5, 5.41) is 10.9. The van der Waals surface area contributed by atoms with Gasteiger partial charge >= 0.3 is 0 Å². The van der Waals surface area contributed by atoms with Crippen LogP contribution in [0.25, 0.3) is 16.9 Å². The molecule has 3 aromatic rings. The average Bonchev–Trinajstić information content (AvgIpc) is 3.17. The molecule has 0 radical (unpaired) electrons. The lowest BCUT2D eigenvalue weighted by Crippen LogP contribution is -2.35. The number of nitrogens with one attached hydrogen (secondary N) is 2. The van der Waals surface area contributed by atoms with Gasteiger partial charge in [0.25, 0.3) is 5.91 Å². The molecule has 1 aromatic carbocycles. The van der Waals surface area contributed by atoms with E-state index in [0.29, 0.717) is 29.5 Å². The van der Waals surface area contributed by atoms with E-state index in [1.807, 2.05) is 12.1 Å². The van der Waals surface area contributed by atoms with Gasteiger partial charge in [-0.3, -0.25) is 4.79 Å². The molecule has 1 aliphatic carbocycles. The van der Waals surface area contributed by atoms with E-state index in [9.17, 15) is 9.18 Å². The predicted molar refractivity (Wildman–Crippen MR) is 120 cm³/mol. The molecular formula is C23H29FN6O. The van der Waals surface area contributed by atoms with Crippen molar-refractivity contribution in [1.82, 2.24) is 24.8 Å². The molecule has 164 valence electrons. The van der Waals surface area contributed by atoms with Crippen LogP contribution in [0.15, 0.2) is 36.5 Å². The summed E-state index contributed by atoms with van der Waals surface area (Å²) in [5.41, 5.74) is 2.03. The number of nitrogens with zero attached hydrogens (tertiary/aromatic N) is 4. The highest BCUT2D eigenvalue weighted by Gasteiger charge is 2.18. The van der Waals surface area contributed by atoms with Crippen LogP contribution in [0.1, 0.15) is 43.5 Å². The zero-order chi connectivity index (χ0) is 21.8. The Hall–Kier alpha value is -3.00. The number of imidazole rings is 1. The standard InChI is InChI=1S/C23H29FN6O/c1-3-29(4-2)13-12-25-23(31)18-9-8-16(14-19(18)24)20-15-26-22-11-10-21(28-30(20)22)27-17-6-5-7-17/h8-11,14-15,17H,3-7,12-13H2,1-2H3,(H,25,31)(H,27,28). The highest BCUT2D eigenvalue weighted by Crippen LogP contribution is 2.25. The maximum atomic E-state index is 14.8. The molecule has 7 nitrogen and oxygen atoms in total. The van der Waals surface area contributed by atoms with Crippen molar-refractivity contribution in [3.63, 3.8) is 0 Å². The van der Waals surface area contributed by atoms with Crippen molar-refractivity contribution in [2.75, 3.05) is 31.5 Å². The highest BCUT2D eigenvalue weighted by molar-refractivity contribution is 5.95. The summed E-state index contributed by atoms with van der Waals surface area (Å²) in [6, 6.07) is 8.90. The average molecular weight is 425 g/mol. The number of hydrogen-bond donors (Lipinski definition) is 2. The van der Waals surface area contributed by atoms with Crippen LogP contribution in [-0.4, -0.2) is 57.6 Å². The third-order valence-corrected chi connectivity index (χ3v) is 5.94. The number of carbonyl (C=O) groups excluding carboxylic acids is 1. The zero-order valence-electron chi connectivity index (χ0n) is 18.1. The molecule has 2 aromatic heterocycles. The number of aromatic nitrogens is 3. The first-order valence-corrected chi connectivity index (χ1v) is 11.0. The Balaban J connectivity index is 1.50. The lowest BCUT2D eigenvalue weighted by atomic mass is 9.93. The first-order chi connectivity index (χ1) is 15.1. The Morgan fingerprint density at radius 3 is 2.71 bits per heavy atom. The van der Waals surface area contributed by atoms with Crippen LogP contribution in [0.3, 0.4) is 0 Å². The number of halogens is 1. The highest BCUT2D eigenvalue weighted by atomic mass is 19.1. The number of carbonyl (C=O) groups is 1. The molecule has 0 unspecified atom stereocenters. The third kappa shape index (κ3) is 4.69. The van der Waals surface area contributed by atoms with Crippen molar-refractivity contribution in [3.8, 4) is 11.3 Å². The van der Waals surface area contributed by atoms with Crippen LogP contribution in [0.4, 0.5) is 10.2 Å². The maximum absolute atomic E-state index is 14.8. The second kappa shape index (κ2) is 9.43. The van der Waals surface area contributed by atoms with Crippen molar-refractivity contribution >= 4 is 17.4 Å². The van der Waals surface area contributed by atoms with Gasteiger partial charge in [0.05, 0.1) is 17.5 Å². The molecular weight excluding hydrogens is 395 g/mol. The lowest BCUT2D eigenvalue weighted by molar-refractivity contribution is 0.0945. The molecule has 1 amide bonds. The van der Waals surface area contributed by atoms with E-state index in [-0.39, 0.29) is 5.56 Å². The minimum absolute atomic E-state index is 0.0393. The largest absolute Gasteiger partial charge is 0.366 e. The summed E-state index contributed by atoms with van der Waals surface area (Å²) in [6.07, 6.45) is 5.22. The van der Waals surface area contributed by atoms with Gasteiger partial charge in [0.1, 0.15) is 11.6 Å². The summed E-state index contributed by atoms with van der Waals surface area (Å²) < 4.78 is 16.5. The smallest absolute Gasteiger partial charge is 0.254 e. The van der Waals surface area contributed by atoms with Crippen LogP contribution in [0, 0.1) is 5.82 Å². The minimum atomic E-state index is -0.559. The van der Waals surface area contributed by atoms with Gasteiger partial charge in [-0.25, -0.2) is 13.9 Å². The molecule has 2 heterocycles. The normalized spacial score (nSPS) is 14.1. The molecule has 4 rings (SSSR count). The van der Waals surface area contributed by atoms with Crippen LogP contribution in [0.2, 0.25) is 0 Å². The molecule has 2 N–H and O–H groups in total. The molecule has 8 heteroatoms. The fourth-order valence-electron chi connectivity index (χ4n) is 3.73. The van der Waals surface area contributed by atoms with Crippen LogP contribution >= 0.6 is 0 Å². The number of rotatable bonds is 9. The molecule has 0 aliphatic heterocycles. The van der Waals surface area contributed by atoms with Crippen LogP contribution in [-0.2, 0) is 0 Å². The van der Waals surface area contributed by atoms with Gasteiger partial charge in [-0.2, -0.15) is 0 Å². The minimum Gasteiger partial charge on any atom is -0.366 e. The van der Waals surface area contributed by atoms with E-state index >= 15 is 0 Å². The Morgan fingerprint density at radius 2 is 2.03 bits per heavy atom. The third-order valence-electron chi connectivity index (χ3n) is 5.94. The van der Waals surface area contributed by atoms with Crippen molar-refractivity contribution in [2.24, 2.45) is 0 Å². The van der Waals surface area contributed by atoms with Crippen LogP contribution < -0.4 is 10.6 Å². The van der Waals surface area contributed by atoms with Crippen LogP contribution in [0.5, 0.6) is 0 Å². The summed E-state index contributed by atoms with van der Waals surface area (Å²) >= 11 is 0. The van der Waals surface area contributed by atoms with Gasteiger partial charge in [-0.1, -0.05) is 19.9 Å². The quantitative estimate of drug-likeness (QED) is 0.549. The number of anilines is 1. The molecule has 0 spiro atoms. The fraction of sp³-hybridized carbons (Fsp3) is 0.435. The SMILES string of the molecule is CCN(CC)CCNC(=O)c1ccc(-c2cnc3ccc(NC4CCC4)nn23)cc1F. The first-order valence-electron chi connectivity index (χ1n) is 11.0. The van der Waals surface area contributed by atoms with E-state index in [1.54, 1.807) is 16.8 Å². The summed E-state index contributed by atoms with van der Waals surface area (Å²) in [7, 11) is 0. The van der Waals surface area contributed by atoms with E-state index in [4.69, 9.17) is 0 Å². The van der Waals surface area contributed by atoms with Gasteiger partial charge < -0.3 is 15.5 Å². The molecule has 1 saturated carbocycles. The van der Waals surface area contributed by atoms with Gasteiger partial charge in [0.2, 0.25) is 0 Å². The van der Waals surface area contributed by atoms with Gasteiger partial charge in [-0.15, -0.1) is 5.10 Å². The molecule has 1 fully saturated rings. The predicted octanol–water partition coefficient (Wildman–Crippen LogP) is 3.57. The molecule has 0 atom stereocenters. The topological polar surface area (TPSA) is 74.6 Å². The van der Waals surface area contributed by atoms with E-state index in [2.05, 4.69) is 39.5 Å². The van der Waals surface area contributed by atoms with Crippen molar-refractivity contribution in [1.29, 1.82) is 0 Å². The second-order valence-electron chi connectivity index (χ2n) is 7.88. The van der Waals surface area contributed by atoms with E-state index in [0.717, 1.165) is 38.3 Å². The van der Waals surface area contributed by atoms with E-state index in [1.165, 1.54) is 18.6 Å². The Bertz CT molecular complexity index is 1060. The molecule has 1 aliphatic rings. The first kappa shape index (κ1) is 21.2. The Labute approximate surface area is 181 Å². The number of likely N-dealkylation sites (N-methyl/N-ethyl adjacent to an activating group) is 1. The van der Waals surface area contributed by atoms with Crippen molar-refractivity contribution < 1.29 is 9.18 Å². The summed E-state index contributed by atoms with van der Waals surface area (Å²) in [6.45, 7) is 7.20. The second-order valence-corrected chi connectivity index (χ2v) is 7.88. The fourth-order valence-corrected chi connectivity index (χ4v) is 3.73. The Kier molecular flexibility index (Phi) is 6.46. The number of benzene rings is 1. The maximum Gasteiger partial charge on any atom is 0.254 e. The van der Waals surface area contributed by atoms with Gasteiger partial charge in [-0.05, 0) is 56.6 Å². The summed E-state index contributed by atoms with van der Waals surface area (Å²) in [4.78, 5) is 19.0. The van der Waals surface area contributed by atoms with E-state index < -0.39 is 11.7 Å². The molecule has 0 bridgehead atoms. The summed E-state index contributed by atoms with van der Waals surface area (Å²) in [5.74, 6) is -0.183. The number of hydrogen-bond acceptors (Lipinski definition) is 5.